The largest absolute Gasteiger partial charge is 0.495 e. The maximum Gasteiger partial charge on any atom is 0.406 e. The molecule has 3 aromatic rings. The van der Waals surface area contributed by atoms with Crippen LogP contribution in [0.25, 0.3) is 23.4 Å². The van der Waals surface area contributed by atoms with Crippen LogP contribution >= 0.6 is 11.8 Å². The summed E-state index contributed by atoms with van der Waals surface area (Å²) in [5.74, 6) is 0.958. The van der Waals surface area contributed by atoms with Crippen LogP contribution in [-0.4, -0.2) is 72.8 Å². The number of nitrogens with one attached hydrogen (secondary N) is 3. The number of fused-ring (bicyclic) bond motifs is 1. The van der Waals surface area contributed by atoms with Gasteiger partial charge in [-0.3, -0.25) is 14.6 Å². The van der Waals surface area contributed by atoms with Crippen molar-refractivity contribution in [1.82, 2.24) is 30.3 Å². The summed E-state index contributed by atoms with van der Waals surface area (Å²) >= 11 is 1.60. The first kappa shape index (κ1) is 30.7. The van der Waals surface area contributed by atoms with Gasteiger partial charge >= 0.3 is 6.18 Å². The molecule has 41 heavy (non-hydrogen) atoms. The molecule has 3 heterocycles. The second kappa shape index (κ2) is 13.6. The predicted octanol–water partition coefficient (Wildman–Crippen LogP) is 3.51. The van der Waals surface area contributed by atoms with Crippen molar-refractivity contribution in [2.24, 2.45) is 0 Å². The van der Waals surface area contributed by atoms with Crippen LogP contribution in [0.3, 0.4) is 0 Å². The van der Waals surface area contributed by atoms with Gasteiger partial charge in [0.2, 0.25) is 5.89 Å². The minimum atomic E-state index is -4.42. The van der Waals surface area contributed by atoms with Crippen LogP contribution in [0.2, 0.25) is 0 Å². The third-order valence-corrected chi connectivity index (χ3v) is 7.54. The van der Waals surface area contributed by atoms with Crippen molar-refractivity contribution in [2.45, 2.75) is 49.6 Å². The highest BCUT2D eigenvalue weighted by Gasteiger charge is 2.31. The molecule has 0 spiro atoms. The zero-order valence-corrected chi connectivity index (χ0v) is 24.3. The number of ether oxygens (including phenoxy) is 1. The molecule has 2 aromatic heterocycles. The third kappa shape index (κ3) is 7.54. The molecular weight excluding hydrogens is 562 g/mol. The highest BCUT2D eigenvalue weighted by atomic mass is 32.2. The average Bonchev–Trinajstić information content (AvgIpc) is 3.58. The van der Waals surface area contributed by atoms with Crippen LogP contribution in [0.4, 0.5) is 23.2 Å². The van der Waals surface area contributed by atoms with E-state index in [1.807, 2.05) is 37.6 Å². The van der Waals surface area contributed by atoms with E-state index in [-0.39, 0.29) is 30.2 Å². The topological polar surface area (TPSA) is 92.4 Å². The van der Waals surface area contributed by atoms with Crippen LogP contribution in [0.15, 0.2) is 33.6 Å². The number of aromatic nitrogens is 3. The first-order valence-corrected chi connectivity index (χ1v) is 14.3. The van der Waals surface area contributed by atoms with Crippen LogP contribution in [-0.2, 0) is 13.1 Å². The van der Waals surface area contributed by atoms with E-state index in [4.69, 9.17) is 9.15 Å². The van der Waals surface area contributed by atoms with E-state index in [1.54, 1.807) is 24.9 Å². The summed E-state index contributed by atoms with van der Waals surface area (Å²) in [6, 6.07) is 7.50. The quantitative estimate of drug-likeness (QED) is 0.253. The summed E-state index contributed by atoms with van der Waals surface area (Å²) in [6.45, 7) is 0.720. The molecule has 1 fully saturated rings. The minimum Gasteiger partial charge on any atom is -0.495 e. The van der Waals surface area contributed by atoms with Gasteiger partial charge in [0.1, 0.15) is 18.0 Å². The number of hydrogen-bond donors (Lipinski definition) is 3. The van der Waals surface area contributed by atoms with Crippen LogP contribution < -0.4 is 31.3 Å². The van der Waals surface area contributed by atoms with Crippen molar-refractivity contribution in [1.29, 1.82) is 0 Å². The van der Waals surface area contributed by atoms with E-state index in [9.17, 15) is 17.6 Å². The number of benzene rings is 1. The Labute approximate surface area is 240 Å². The molecule has 5 rings (SSSR count). The number of thioether (sulfide) groups is 1. The second-order valence-electron chi connectivity index (χ2n) is 9.60. The number of halogens is 4. The van der Waals surface area contributed by atoms with Gasteiger partial charge in [0.25, 0.3) is 5.89 Å². The van der Waals surface area contributed by atoms with E-state index in [0.717, 1.165) is 41.1 Å². The van der Waals surface area contributed by atoms with Gasteiger partial charge in [0.05, 0.1) is 32.7 Å². The van der Waals surface area contributed by atoms with Crippen molar-refractivity contribution >= 4 is 29.2 Å². The monoisotopic (exact) mass is 597 g/mol. The van der Waals surface area contributed by atoms with Gasteiger partial charge in [-0.25, -0.2) is 0 Å². The zero-order valence-electron chi connectivity index (χ0n) is 23.4. The predicted molar refractivity (Wildman–Crippen MR) is 151 cm³/mol. The maximum atomic E-state index is 13.7. The van der Waals surface area contributed by atoms with Crippen molar-refractivity contribution in [3.8, 4) is 17.3 Å². The molecule has 1 atom stereocenters. The summed E-state index contributed by atoms with van der Waals surface area (Å²) < 4.78 is 63.1. The standard InChI is InChI=1S/C26H32F3N7O2S.CH3F/c1-35-10-9-23(31-15-35)32-18-5-4-6-20-17(18)12-21(36(20)14-26(27,28)29)25-34-33-24(38-25)13-30-19-8-7-16(39-3)11-22(19)37-2;1-2/h6-8,11-12,23,30-32H,4-5,9-10,13-15H2,1-3H3;1H3. The summed E-state index contributed by atoms with van der Waals surface area (Å²) in [5, 5.41) is 19.6. The van der Waals surface area contributed by atoms with Crippen molar-refractivity contribution < 1.29 is 26.7 Å². The summed E-state index contributed by atoms with van der Waals surface area (Å²) in [6.07, 6.45) is 1.71. The van der Waals surface area contributed by atoms with E-state index in [1.165, 1.54) is 4.57 Å². The van der Waals surface area contributed by atoms with Crippen LogP contribution in [0.1, 0.15) is 25.2 Å². The Bertz CT molecular complexity index is 1430. The Morgan fingerprint density at radius 1 is 1.22 bits per heavy atom. The Morgan fingerprint density at radius 2 is 2.02 bits per heavy atom. The van der Waals surface area contributed by atoms with Gasteiger partial charge in [-0.05, 0) is 56.8 Å². The fourth-order valence-corrected chi connectivity index (χ4v) is 5.29. The minimum absolute atomic E-state index is 0.0420. The molecule has 0 saturated carbocycles. The van der Waals surface area contributed by atoms with Gasteiger partial charge in [-0.2, -0.15) is 13.2 Å². The van der Waals surface area contributed by atoms with Gasteiger partial charge in [-0.15, -0.1) is 22.0 Å². The first-order chi connectivity index (χ1) is 19.7. The Hall–Kier alpha value is -3.23. The summed E-state index contributed by atoms with van der Waals surface area (Å²) in [7, 11) is 4.13. The fraction of sp³-hybridized carbons (Fsp3) is 0.481. The molecule has 3 N–H and O–H groups in total. The third-order valence-electron chi connectivity index (χ3n) is 6.81. The summed E-state index contributed by atoms with van der Waals surface area (Å²) in [5.41, 5.74) is 1.90. The first-order valence-electron chi connectivity index (χ1n) is 13.1. The fourth-order valence-electron chi connectivity index (χ4n) is 4.86. The lowest BCUT2D eigenvalue weighted by Crippen LogP contribution is -2.53. The maximum absolute atomic E-state index is 13.7. The molecule has 14 heteroatoms. The highest BCUT2D eigenvalue weighted by Crippen LogP contribution is 2.30. The van der Waals surface area contributed by atoms with Crippen LogP contribution in [0, 0.1) is 0 Å². The second-order valence-corrected chi connectivity index (χ2v) is 10.5. The molecule has 1 aromatic carbocycles. The normalized spacial score (nSPS) is 17.3. The number of methoxy groups -OCH3 is 1. The summed E-state index contributed by atoms with van der Waals surface area (Å²) in [4.78, 5) is 3.24. The molecule has 0 radical (unpaired) electrons. The number of anilines is 1. The van der Waals surface area contributed by atoms with Gasteiger partial charge in [0.15, 0.2) is 0 Å². The van der Waals surface area contributed by atoms with E-state index in [0.29, 0.717) is 31.1 Å². The Morgan fingerprint density at radius 3 is 2.71 bits per heavy atom. The van der Waals surface area contributed by atoms with Crippen LogP contribution in [0.5, 0.6) is 5.75 Å². The van der Waals surface area contributed by atoms with Gasteiger partial charge < -0.3 is 24.4 Å². The van der Waals surface area contributed by atoms with Gasteiger partial charge in [-0.1, -0.05) is 6.08 Å². The highest BCUT2D eigenvalue weighted by molar-refractivity contribution is 7.98. The molecule has 2 aliphatic rings. The average molecular weight is 598 g/mol. The molecule has 0 amide bonds. The van der Waals surface area contributed by atoms with Crippen molar-refractivity contribution in [3.05, 3.63) is 40.7 Å². The lowest BCUT2D eigenvalue weighted by Gasteiger charge is -2.32. The van der Waals surface area contributed by atoms with Gasteiger partial charge in [0, 0.05) is 34.4 Å². The van der Waals surface area contributed by atoms with Crippen molar-refractivity contribution in [2.75, 3.05) is 46.1 Å². The van der Waals surface area contributed by atoms with E-state index >= 15 is 0 Å². The lowest BCUT2D eigenvalue weighted by molar-refractivity contribution is -0.140. The smallest absolute Gasteiger partial charge is 0.406 e. The lowest BCUT2D eigenvalue weighted by atomic mass is 10.1. The Kier molecular flexibility index (Phi) is 10.2. The zero-order chi connectivity index (χ0) is 29.6. The number of nitrogens with zero attached hydrogens (tertiary/aromatic N) is 4. The molecule has 9 nitrogen and oxygen atoms in total. The molecule has 1 saturated heterocycles. The number of alkyl halides is 4. The van der Waals surface area contributed by atoms with Crippen molar-refractivity contribution in [3.63, 3.8) is 0 Å². The number of hydrogen-bond acceptors (Lipinski definition) is 9. The number of rotatable bonds is 9. The van der Waals surface area contributed by atoms with E-state index < -0.39 is 12.7 Å². The molecule has 1 unspecified atom stereocenters. The SMILES string of the molecule is CF.COc1cc(SC)ccc1NCc1nnc(-c2cc3c(n2CC(F)(F)F)=CCCC=3NC2CCN(C)CN2)o1. The molecule has 1 aliphatic carbocycles. The molecule has 224 valence electrons. The Balaban J connectivity index is 0.00000189. The molecule has 0 bridgehead atoms. The molecule has 1 aliphatic heterocycles. The van der Waals surface area contributed by atoms with E-state index in [2.05, 4.69) is 31.0 Å². The molecular formula is C27H35F4N7O2S.